The zero-order valence-electron chi connectivity index (χ0n) is 10.6. The Morgan fingerprint density at radius 3 is 2.14 bits per heavy atom. The third-order valence-electron chi connectivity index (χ3n) is 2.69. The number of aromatic carboxylic acids is 2. The number of rotatable bonds is 4. The Bertz CT molecular complexity index is 710. The number of amides is 1. The molecular formula is C14H10N2O5. The number of nitrogens with one attached hydrogen (secondary N) is 1. The van der Waals surface area contributed by atoms with Crippen molar-refractivity contribution < 1.29 is 24.6 Å². The van der Waals surface area contributed by atoms with Crippen molar-refractivity contribution in [3.05, 3.63) is 59.4 Å². The quantitative estimate of drug-likeness (QED) is 0.788. The van der Waals surface area contributed by atoms with Gasteiger partial charge < -0.3 is 15.5 Å². The first-order valence-electron chi connectivity index (χ1n) is 5.81. The van der Waals surface area contributed by atoms with Crippen LogP contribution in [0.4, 0.5) is 5.69 Å². The lowest BCUT2D eigenvalue weighted by molar-refractivity contribution is 0.0684. The minimum Gasteiger partial charge on any atom is -0.478 e. The number of pyridine rings is 1. The molecule has 7 heteroatoms. The van der Waals surface area contributed by atoms with E-state index in [-0.39, 0.29) is 16.7 Å². The molecule has 2 rings (SSSR count). The zero-order chi connectivity index (χ0) is 15.4. The Morgan fingerprint density at radius 1 is 0.905 bits per heavy atom. The van der Waals surface area contributed by atoms with E-state index in [1.54, 1.807) is 0 Å². The third-order valence-corrected chi connectivity index (χ3v) is 2.69. The minimum absolute atomic E-state index is 0.0280. The number of benzene rings is 1. The summed E-state index contributed by atoms with van der Waals surface area (Å²) in [7, 11) is 0. The van der Waals surface area contributed by atoms with Gasteiger partial charge in [-0.3, -0.25) is 9.78 Å². The molecule has 0 aliphatic carbocycles. The van der Waals surface area contributed by atoms with Crippen molar-refractivity contribution in [1.82, 2.24) is 4.98 Å². The molecule has 7 nitrogen and oxygen atoms in total. The zero-order valence-corrected chi connectivity index (χ0v) is 10.6. The average Bonchev–Trinajstić information content (AvgIpc) is 2.47. The molecule has 0 bridgehead atoms. The molecule has 3 N–H and O–H groups in total. The molecule has 0 fully saturated rings. The number of anilines is 1. The Balaban J connectivity index is 2.22. The van der Waals surface area contributed by atoms with Gasteiger partial charge in [0.2, 0.25) is 0 Å². The molecule has 1 aromatic heterocycles. The van der Waals surface area contributed by atoms with Crippen LogP contribution in [0.1, 0.15) is 31.1 Å². The number of carbonyl (C=O) groups excluding carboxylic acids is 1. The van der Waals surface area contributed by atoms with E-state index in [0.717, 1.165) is 6.20 Å². The lowest BCUT2D eigenvalue weighted by atomic mass is 10.1. The number of carbonyl (C=O) groups is 3. The number of carboxylic acids is 2. The largest absolute Gasteiger partial charge is 0.478 e. The van der Waals surface area contributed by atoms with Crippen molar-refractivity contribution in [3.8, 4) is 0 Å². The molecule has 1 aromatic carbocycles. The molecule has 0 radical (unpaired) electrons. The Hall–Kier alpha value is -3.22. The molecule has 0 spiro atoms. The normalized spacial score (nSPS) is 9.90. The lowest BCUT2D eigenvalue weighted by Crippen LogP contribution is -2.16. The Morgan fingerprint density at radius 2 is 1.57 bits per heavy atom. The van der Waals surface area contributed by atoms with E-state index in [4.69, 9.17) is 10.2 Å². The first kappa shape index (κ1) is 14.2. The third kappa shape index (κ3) is 3.21. The summed E-state index contributed by atoms with van der Waals surface area (Å²) in [5, 5.41) is 20.3. The Labute approximate surface area is 118 Å². The van der Waals surface area contributed by atoms with Crippen LogP contribution in [-0.4, -0.2) is 33.0 Å². The van der Waals surface area contributed by atoms with Gasteiger partial charge in [-0.1, -0.05) is 0 Å². The average molecular weight is 286 g/mol. The fraction of sp³-hybridized carbons (Fsp3) is 0. The van der Waals surface area contributed by atoms with Crippen LogP contribution in [-0.2, 0) is 0 Å². The van der Waals surface area contributed by atoms with Gasteiger partial charge in [-0.2, -0.15) is 0 Å². The second-order valence-electron chi connectivity index (χ2n) is 4.06. The van der Waals surface area contributed by atoms with Crippen LogP contribution in [0.15, 0.2) is 42.7 Å². The Kier molecular flexibility index (Phi) is 3.94. The highest BCUT2D eigenvalue weighted by Crippen LogP contribution is 2.13. The summed E-state index contributed by atoms with van der Waals surface area (Å²) in [4.78, 5) is 37.4. The van der Waals surface area contributed by atoms with E-state index < -0.39 is 17.8 Å². The summed E-state index contributed by atoms with van der Waals surface area (Å²) in [5.41, 5.74) is 0.207. The van der Waals surface area contributed by atoms with E-state index in [1.165, 1.54) is 36.5 Å². The van der Waals surface area contributed by atoms with E-state index in [0.29, 0.717) is 5.69 Å². The van der Waals surface area contributed by atoms with Crippen LogP contribution in [0.3, 0.4) is 0 Å². The molecule has 2 aromatic rings. The first-order chi connectivity index (χ1) is 9.99. The van der Waals surface area contributed by atoms with Crippen molar-refractivity contribution >= 4 is 23.5 Å². The van der Waals surface area contributed by atoms with Crippen LogP contribution in [0.25, 0.3) is 0 Å². The second-order valence-corrected chi connectivity index (χ2v) is 4.06. The number of hydrogen-bond acceptors (Lipinski definition) is 4. The predicted molar refractivity (Wildman–Crippen MR) is 72.6 cm³/mol. The van der Waals surface area contributed by atoms with Crippen molar-refractivity contribution in [3.63, 3.8) is 0 Å². The monoisotopic (exact) mass is 286 g/mol. The number of hydrogen-bond donors (Lipinski definition) is 3. The molecule has 0 unspecified atom stereocenters. The van der Waals surface area contributed by atoms with E-state index in [1.807, 2.05) is 0 Å². The summed E-state index contributed by atoms with van der Waals surface area (Å²) < 4.78 is 0. The molecular weight excluding hydrogens is 276 g/mol. The summed E-state index contributed by atoms with van der Waals surface area (Å²) in [6, 6.07) is 6.81. The van der Waals surface area contributed by atoms with E-state index >= 15 is 0 Å². The predicted octanol–water partition coefficient (Wildman–Crippen LogP) is 1.73. The van der Waals surface area contributed by atoms with Crippen molar-refractivity contribution in [2.45, 2.75) is 0 Å². The molecule has 0 saturated carbocycles. The van der Waals surface area contributed by atoms with Gasteiger partial charge in [0.05, 0.1) is 16.7 Å². The first-order valence-corrected chi connectivity index (χ1v) is 5.81. The van der Waals surface area contributed by atoms with Gasteiger partial charge in [0.1, 0.15) is 0 Å². The highest BCUT2D eigenvalue weighted by molar-refractivity contribution is 6.10. The topological polar surface area (TPSA) is 117 Å². The van der Waals surface area contributed by atoms with Crippen LogP contribution >= 0.6 is 0 Å². The van der Waals surface area contributed by atoms with Crippen molar-refractivity contribution in [2.24, 2.45) is 0 Å². The maximum absolute atomic E-state index is 12.0. The summed E-state index contributed by atoms with van der Waals surface area (Å²) in [5.74, 6) is -2.94. The van der Waals surface area contributed by atoms with Gasteiger partial charge in [-0.25, -0.2) is 9.59 Å². The minimum atomic E-state index is -1.26. The molecule has 106 valence electrons. The van der Waals surface area contributed by atoms with E-state index in [9.17, 15) is 14.4 Å². The van der Waals surface area contributed by atoms with Gasteiger partial charge in [0, 0.05) is 18.1 Å². The van der Waals surface area contributed by atoms with Gasteiger partial charge in [-0.05, 0) is 30.3 Å². The molecule has 0 aliphatic heterocycles. The molecule has 21 heavy (non-hydrogen) atoms. The maximum atomic E-state index is 12.0. The van der Waals surface area contributed by atoms with Crippen LogP contribution < -0.4 is 5.32 Å². The van der Waals surface area contributed by atoms with Crippen LogP contribution in [0.2, 0.25) is 0 Å². The molecule has 1 amide bonds. The fourth-order valence-electron chi connectivity index (χ4n) is 1.66. The van der Waals surface area contributed by atoms with Gasteiger partial charge in [-0.15, -0.1) is 0 Å². The highest BCUT2D eigenvalue weighted by atomic mass is 16.4. The van der Waals surface area contributed by atoms with Crippen LogP contribution in [0.5, 0.6) is 0 Å². The molecule has 0 atom stereocenters. The molecule has 0 aliphatic rings. The van der Waals surface area contributed by atoms with Gasteiger partial charge >= 0.3 is 11.9 Å². The smallest absolute Gasteiger partial charge is 0.338 e. The summed E-state index contributed by atoms with van der Waals surface area (Å²) in [6.07, 6.45) is 2.40. The lowest BCUT2D eigenvalue weighted by Gasteiger charge is -2.07. The van der Waals surface area contributed by atoms with Gasteiger partial charge in [0.25, 0.3) is 5.91 Å². The number of nitrogens with zero attached hydrogens (tertiary/aromatic N) is 1. The fourth-order valence-corrected chi connectivity index (χ4v) is 1.66. The maximum Gasteiger partial charge on any atom is 0.338 e. The second kappa shape index (κ2) is 5.83. The number of aromatic nitrogens is 1. The summed E-state index contributed by atoms with van der Waals surface area (Å²) in [6.45, 7) is 0. The van der Waals surface area contributed by atoms with Crippen LogP contribution in [0, 0.1) is 0 Å². The molecule has 0 saturated heterocycles. The summed E-state index contributed by atoms with van der Waals surface area (Å²) >= 11 is 0. The SMILES string of the molecule is O=C(O)c1ccc(NC(=O)c2ccncc2C(=O)O)cc1. The standard InChI is InChI=1S/C14H10N2O5/c17-12(10-5-6-15-7-11(10)14(20)21)16-9-3-1-8(2-4-9)13(18)19/h1-7H,(H,16,17)(H,18,19)(H,20,21). The highest BCUT2D eigenvalue weighted by Gasteiger charge is 2.16. The van der Waals surface area contributed by atoms with Crippen molar-refractivity contribution in [2.75, 3.05) is 5.32 Å². The van der Waals surface area contributed by atoms with Gasteiger partial charge in [0.15, 0.2) is 0 Å². The number of carboxylic acid groups (broad SMARTS) is 2. The van der Waals surface area contributed by atoms with E-state index in [2.05, 4.69) is 10.3 Å². The van der Waals surface area contributed by atoms with Crippen molar-refractivity contribution in [1.29, 1.82) is 0 Å². The molecule has 1 heterocycles.